The summed E-state index contributed by atoms with van der Waals surface area (Å²) in [5, 5.41) is 12.0. The molecule has 0 aliphatic rings. The molecule has 0 fully saturated rings. The number of nitrogens with zero attached hydrogens (tertiary/aromatic N) is 1. The molecule has 0 saturated carbocycles. The van der Waals surface area contributed by atoms with E-state index < -0.39 is 0 Å². The average molecular weight is 198 g/mol. The highest BCUT2D eigenvalue weighted by molar-refractivity contribution is 4.89. The summed E-state index contributed by atoms with van der Waals surface area (Å²) in [4.78, 5) is 0. The van der Waals surface area contributed by atoms with E-state index in [4.69, 9.17) is 10.00 Å². The van der Waals surface area contributed by atoms with Crippen LogP contribution in [-0.2, 0) is 4.74 Å². The topological polar surface area (TPSA) is 45.0 Å². The van der Waals surface area contributed by atoms with Gasteiger partial charge in [-0.3, -0.25) is 0 Å². The molecule has 0 radical (unpaired) electrons. The molecule has 0 aliphatic heterocycles. The fourth-order valence-corrected chi connectivity index (χ4v) is 1.05. The standard InChI is InChI=1S/C11H22N2O/c1-4-6-13-11(8-12)5-7-14-9-10(2)3/h10-11,13H,4-7,9H2,1-3H3. The van der Waals surface area contributed by atoms with Crippen LogP contribution in [0.2, 0.25) is 0 Å². The quantitative estimate of drug-likeness (QED) is 0.606. The van der Waals surface area contributed by atoms with E-state index in [1.165, 1.54) is 0 Å². The molecule has 1 N–H and O–H groups in total. The second kappa shape index (κ2) is 8.98. The molecular weight excluding hydrogens is 176 g/mol. The van der Waals surface area contributed by atoms with Crippen molar-refractivity contribution in [2.75, 3.05) is 19.8 Å². The maximum absolute atomic E-state index is 8.79. The molecule has 1 unspecified atom stereocenters. The Kier molecular flexibility index (Phi) is 8.61. The van der Waals surface area contributed by atoms with Crippen LogP contribution in [0.3, 0.4) is 0 Å². The Bertz CT molecular complexity index is 163. The summed E-state index contributed by atoms with van der Waals surface area (Å²) in [6, 6.07) is 2.18. The molecule has 14 heavy (non-hydrogen) atoms. The zero-order valence-corrected chi connectivity index (χ0v) is 9.55. The molecule has 0 rings (SSSR count). The molecule has 0 saturated heterocycles. The first-order valence-corrected chi connectivity index (χ1v) is 5.41. The van der Waals surface area contributed by atoms with Gasteiger partial charge in [-0.25, -0.2) is 0 Å². The van der Waals surface area contributed by atoms with Gasteiger partial charge >= 0.3 is 0 Å². The summed E-state index contributed by atoms with van der Waals surface area (Å²) < 4.78 is 5.42. The smallest absolute Gasteiger partial charge is 0.0975 e. The summed E-state index contributed by atoms with van der Waals surface area (Å²) in [7, 11) is 0. The molecule has 1 atom stereocenters. The third-order valence-corrected chi connectivity index (χ3v) is 1.80. The maximum Gasteiger partial charge on any atom is 0.0975 e. The first kappa shape index (κ1) is 13.4. The summed E-state index contributed by atoms with van der Waals surface area (Å²) in [5.74, 6) is 0.569. The van der Waals surface area contributed by atoms with E-state index in [0.717, 1.165) is 26.0 Å². The zero-order valence-electron chi connectivity index (χ0n) is 9.55. The molecule has 0 aliphatic carbocycles. The van der Waals surface area contributed by atoms with E-state index in [0.29, 0.717) is 12.5 Å². The Morgan fingerprint density at radius 1 is 1.43 bits per heavy atom. The normalized spacial score (nSPS) is 12.8. The monoisotopic (exact) mass is 198 g/mol. The molecule has 82 valence electrons. The highest BCUT2D eigenvalue weighted by atomic mass is 16.5. The van der Waals surface area contributed by atoms with Crippen molar-refractivity contribution < 1.29 is 4.74 Å². The van der Waals surface area contributed by atoms with Gasteiger partial charge in [0.25, 0.3) is 0 Å². The lowest BCUT2D eigenvalue weighted by molar-refractivity contribution is 0.104. The minimum atomic E-state index is -0.0536. The number of nitrogens with one attached hydrogen (secondary N) is 1. The van der Waals surface area contributed by atoms with E-state index in [9.17, 15) is 0 Å². The van der Waals surface area contributed by atoms with Crippen LogP contribution < -0.4 is 5.32 Å². The number of ether oxygens (including phenoxy) is 1. The molecular formula is C11H22N2O. The highest BCUT2D eigenvalue weighted by Gasteiger charge is 2.05. The van der Waals surface area contributed by atoms with Crippen molar-refractivity contribution >= 4 is 0 Å². The van der Waals surface area contributed by atoms with Crippen molar-refractivity contribution in [3.63, 3.8) is 0 Å². The third-order valence-electron chi connectivity index (χ3n) is 1.80. The van der Waals surface area contributed by atoms with Crippen molar-refractivity contribution in [1.29, 1.82) is 5.26 Å². The average Bonchev–Trinajstić information content (AvgIpc) is 2.16. The lowest BCUT2D eigenvalue weighted by Gasteiger charge is -2.11. The van der Waals surface area contributed by atoms with Crippen LogP contribution in [0.15, 0.2) is 0 Å². The van der Waals surface area contributed by atoms with E-state index in [1.807, 2.05) is 0 Å². The van der Waals surface area contributed by atoms with Gasteiger partial charge in [-0.2, -0.15) is 5.26 Å². The van der Waals surface area contributed by atoms with Gasteiger partial charge in [0.1, 0.15) is 0 Å². The van der Waals surface area contributed by atoms with Gasteiger partial charge in [-0.15, -0.1) is 0 Å². The molecule has 3 nitrogen and oxygen atoms in total. The van der Waals surface area contributed by atoms with Crippen molar-refractivity contribution in [2.45, 2.75) is 39.7 Å². The van der Waals surface area contributed by atoms with Crippen LogP contribution in [0.5, 0.6) is 0 Å². The largest absolute Gasteiger partial charge is 0.381 e. The van der Waals surface area contributed by atoms with E-state index in [-0.39, 0.29) is 6.04 Å². The predicted octanol–water partition coefficient (Wildman–Crippen LogP) is 1.94. The van der Waals surface area contributed by atoms with Crippen molar-refractivity contribution in [3.05, 3.63) is 0 Å². The predicted molar refractivity (Wildman–Crippen MR) is 58.0 cm³/mol. The number of nitriles is 1. The Morgan fingerprint density at radius 3 is 2.64 bits per heavy atom. The molecule has 0 aromatic rings. The van der Waals surface area contributed by atoms with Crippen molar-refractivity contribution in [1.82, 2.24) is 5.32 Å². The van der Waals surface area contributed by atoms with Crippen LogP contribution in [0, 0.1) is 17.2 Å². The molecule has 3 heteroatoms. The number of hydrogen-bond acceptors (Lipinski definition) is 3. The van der Waals surface area contributed by atoms with Gasteiger partial charge < -0.3 is 10.1 Å². The molecule has 0 aromatic heterocycles. The molecule has 0 amide bonds. The zero-order chi connectivity index (χ0) is 10.8. The van der Waals surface area contributed by atoms with Crippen LogP contribution in [0.25, 0.3) is 0 Å². The minimum absolute atomic E-state index is 0.0536. The Labute approximate surface area is 87.4 Å². The second-order valence-corrected chi connectivity index (χ2v) is 3.89. The second-order valence-electron chi connectivity index (χ2n) is 3.89. The molecule has 0 spiro atoms. The minimum Gasteiger partial charge on any atom is -0.381 e. The first-order chi connectivity index (χ1) is 6.70. The van der Waals surface area contributed by atoms with E-state index in [2.05, 4.69) is 32.2 Å². The fraction of sp³-hybridized carbons (Fsp3) is 0.909. The lowest BCUT2D eigenvalue weighted by Crippen LogP contribution is -2.29. The summed E-state index contributed by atoms with van der Waals surface area (Å²) >= 11 is 0. The number of rotatable bonds is 8. The summed E-state index contributed by atoms with van der Waals surface area (Å²) in [5.41, 5.74) is 0. The van der Waals surface area contributed by atoms with Gasteiger partial charge in [0.05, 0.1) is 12.1 Å². The van der Waals surface area contributed by atoms with Gasteiger partial charge in [0.15, 0.2) is 0 Å². The lowest BCUT2D eigenvalue weighted by atomic mass is 10.2. The highest BCUT2D eigenvalue weighted by Crippen LogP contribution is 1.96. The third kappa shape index (κ3) is 8.03. The Hall–Kier alpha value is -0.590. The van der Waals surface area contributed by atoms with Crippen LogP contribution in [0.4, 0.5) is 0 Å². The summed E-state index contributed by atoms with van der Waals surface area (Å²) in [6.45, 7) is 8.70. The van der Waals surface area contributed by atoms with Gasteiger partial charge in [-0.05, 0) is 25.3 Å². The fourth-order valence-electron chi connectivity index (χ4n) is 1.05. The molecule has 0 aromatic carbocycles. The summed E-state index contributed by atoms with van der Waals surface area (Å²) in [6.07, 6.45) is 1.84. The maximum atomic E-state index is 8.79. The Balaban J connectivity index is 3.39. The Morgan fingerprint density at radius 2 is 2.14 bits per heavy atom. The number of hydrogen-bond donors (Lipinski definition) is 1. The SMILES string of the molecule is CCCNC(C#N)CCOCC(C)C. The van der Waals surface area contributed by atoms with Crippen molar-refractivity contribution in [3.8, 4) is 6.07 Å². The van der Waals surface area contributed by atoms with Gasteiger partial charge in [0.2, 0.25) is 0 Å². The van der Waals surface area contributed by atoms with E-state index in [1.54, 1.807) is 0 Å². The van der Waals surface area contributed by atoms with E-state index >= 15 is 0 Å². The molecule has 0 heterocycles. The van der Waals surface area contributed by atoms with Crippen LogP contribution in [-0.4, -0.2) is 25.8 Å². The van der Waals surface area contributed by atoms with Gasteiger partial charge in [-0.1, -0.05) is 20.8 Å². The first-order valence-electron chi connectivity index (χ1n) is 5.41. The van der Waals surface area contributed by atoms with Crippen molar-refractivity contribution in [2.24, 2.45) is 5.92 Å². The van der Waals surface area contributed by atoms with Crippen LogP contribution in [0.1, 0.15) is 33.6 Å². The van der Waals surface area contributed by atoms with Crippen LogP contribution >= 0.6 is 0 Å². The molecule has 0 bridgehead atoms. The van der Waals surface area contributed by atoms with Gasteiger partial charge in [0, 0.05) is 13.2 Å².